The van der Waals surface area contributed by atoms with Crippen molar-refractivity contribution in [3.05, 3.63) is 35.9 Å². The third-order valence-corrected chi connectivity index (χ3v) is 3.88. The summed E-state index contributed by atoms with van der Waals surface area (Å²) in [4.78, 5) is 24.2. The molecule has 0 bridgehead atoms. The van der Waals surface area contributed by atoms with Crippen LogP contribution in [0.25, 0.3) is 0 Å². The monoisotopic (exact) mass is 334 g/mol. The van der Waals surface area contributed by atoms with E-state index in [1.54, 1.807) is 27.8 Å². The van der Waals surface area contributed by atoms with Gasteiger partial charge >= 0.3 is 6.09 Å². The molecule has 132 valence electrons. The van der Waals surface area contributed by atoms with Gasteiger partial charge in [-0.2, -0.15) is 0 Å². The molecule has 0 spiro atoms. The minimum Gasteiger partial charge on any atom is -0.444 e. The molecule has 24 heavy (non-hydrogen) atoms. The number of hydrogen-bond donors (Lipinski definition) is 2. The molecule has 0 radical (unpaired) electrons. The Bertz CT molecular complexity index is 574. The van der Waals surface area contributed by atoms with Crippen LogP contribution in [-0.2, 0) is 20.9 Å². The quantitative estimate of drug-likeness (QED) is 0.867. The highest BCUT2D eigenvalue weighted by Gasteiger charge is 2.52. The highest BCUT2D eigenvalue weighted by Crippen LogP contribution is 2.35. The molecule has 0 atom stereocenters. The van der Waals surface area contributed by atoms with Gasteiger partial charge in [0.1, 0.15) is 11.1 Å². The SMILES string of the molecule is CNC(=O)C1(NC(=O)OC(C)(C)C)CC(OCc2ccccc2)C1. The molecule has 1 aliphatic carbocycles. The Labute approximate surface area is 142 Å². The fraction of sp³-hybridized carbons (Fsp3) is 0.556. The van der Waals surface area contributed by atoms with Gasteiger partial charge in [-0.25, -0.2) is 4.79 Å². The Morgan fingerprint density at radius 3 is 2.38 bits per heavy atom. The lowest BCUT2D eigenvalue weighted by Crippen LogP contribution is -2.67. The maximum absolute atomic E-state index is 12.2. The van der Waals surface area contributed by atoms with Crippen molar-refractivity contribution in [3.8, 4) is 0 Å². The number of alkyl carbamates (subject to hydrolysis) is 1. The third-order valence-electron chi connectivity index (χ3n) is 3.88. The minimum atomic E-state index is -0.960. The van der Waals surface area contributed by atoms with Crippen LogP contribution in [0.2, 0.25) is 0 Å². The van der Waals surface area contributed by atoms with Crippen LogP contribution in [0, 0.1) is 0 Å². The van der Waals surface area contributed by atoms with Crippen LogP contribution >= 0.6 is 0 Å². The van der Waals surface area contributed by atoms with Crippen molar-refractivity contribution in [2.75, 3.05) is 7.05 Å². The predicted molar refractivity (Wildman–Crippen MR) is 90.4 cm³/mol. The Morgan fingerprint density at radius 1 is 1.21 bits per heavy atom. The molecular weight excluding hydrogens is 308 g/mol. The molecule has 0 saturated heterocycles. The number of carbonyl (C=O) groups excluding carboxylic acids is 2. The first kappa shape index (κ1) is 18.3. The van der Waals surface area contributed by atoms with E-state index in [1.165, 1.54) is 0 Å². The summed E-state index contributed by atoms with van der Waals surface area (Å²) in [6, 6.07) is 9.85. The number of amides is 2. The number of nitrogens with one attached hydrogen (secondary N) is 2. The van der Waals surface area contributed by atoms with Gasteiger partial charge in [-0.05, 0) is 26.3 Å². The van der Waals surface area contributed by atoms with Gasteiger partial charge in [-0.1, -0.05) is 30.3 Å². The average molecular weight is 334 g/mol. The number of benzene rings is 1. The second-order valence-electron chi connectivity index (χ2n) is 7.11. The average Bonchev–Trinajstić information content (AvgIpc) is 2.47. The summed E-state index contributed by atoms with van der Waals surface area (Å²) in [5, 5.41) is 5.32. The van der Waals surface area contributed by atoms with E-state index < -0.39 is 17.2 Å². The number of hydrogen-bond acceptors (Lipinski definition) is 4. The summed E-state index contributed by atoms with van der Waals surface area (Å²) in [6.07, 6.45) is 0.197. The molecule has 0 aliphatic heterocycles. The summed E-state index contributed by atoms with van der Waals surface area (Å²) >= 11 is 0. The first-order valence-electron chi connectivity index (χ1n) is 8.13. The van der Waals surface area contributed by atoms with E-state index >= 15 is 0 Å². The van der Waals surface area contributed by atoms with Gasteiger partial charge in [-0.3, -0.25) is 4.79 Å². The molecule has 2 rings (SSSR count). The van der Waals surface area contributed by atoms with Crippen molar-refractivity contribution in [1.29, 1.82) is 0 Å². The van der Waals surface area contributed by atoms with Gasteiger partial charge in [0, 0.05) is 19.9 Å². The van der Waals surface area contributed by atoms with Crippen LogP contribution < -0.4 is 10.6 Å². The summed E-state index contributed by atoms with van der Waals surface area (Å²) < 4.78 is 11.1. The van der Waals surface area contributed by atoms with Crippen molar-refractivity contribution in [2.45, 2.75) is 57.5 Å². The lowest BCUT2D eigenvalue weighted by molar-refractivity contribution is -0.140. The Kier molecular flexibility index (Phi) is 5.49. The smallest absolute Gasteiger partial charge is 0.408 e. The molecule has 1 fully saturated rings. The number of carbonyl (C=O) groups is 2. The Balaban J connectivity index is 1.90. The van der Waals surface area contributed by atoms with Gasteiger partial charge in [-0.15, -0.1) is 0 Å². The number of ether oxygens (including phenoxy) is 2. The second kappa shape index (κ2) is 7.21. The summed E-state index contributed by atoms with van der Waals surface area (Å²) in [5.74, 6) is -0.229. The van der Waals surface area contributed by atoms with E-state index in [9.17, 15) is 9.59 Å². The van der Waals surface area contributed by atoms with E-state index in [4.69, 9.17) is 9.47 Å². The maximum atomic E-state index is 12.2. The number of rotatable bonds is 5. The van der Waals surface area contributed by atoms with Gasteiger partial charge in [0.2, 0.25) is 5.91 Å². The molecule has 1 aliphatic rings. The van der Waals surface area contributed by atoms with Crippen molar-refractivity contribution in [1.82, 2.24) is 10.6 Å². The molecule has 0 aromatic heterocycles. The normalized spacial score (nSPS) is 23.1. The van der Waals surface area contributed by atoms with Crippen molar-refractivity contribution < 1.29 is 19.1 Å². The van der Waals surface area contributed by atoms with Gasteiger partial charge < -0.3 is 20.1 Å². The first-order valence-corrected chi connectivity index (χ1v) is 8.13. The second-order valence-corrected chi connectivity index (χ2v) is 7.11. The van der Waals surface area contributed by atoms with Crippen LogP contribution in [0.15, 0.2) is 30.3 Å². The van der Waals surface area contributed by atoms with Crippen LogP contribution in [0.1, 0.15) is 39.2 Å². The van der Waals surface area contributed by atoms with E-state index in [2.05, 4.69) is 10.6 Å². The van der Waals surface area contributed by atoms with E-state index in [0.717, 1.165) is 5.56 Å². The summed E-state index contributed by atoms with van der Waals surface area (Å²) in [6.45, 7) is 5.84. The van der Waals surface area contributed by atoms with Crippen molar-refractivity contribution >= 4 is 12.0 Å². The zero-order valence-electron chi connectivity index (χ0n) is 14.7. The predicted octanol–water partition coefficient (Wildman–Crippen LogP) is 2.38. The van der Waals surface area contributed by atoms with Crippen molar-refractivity contribution in [2.24, 2.45) is 0 Å². The lowest BCUT2D eigenvalue weighted by Gasteiger charge is -2.45. The summed E-state index contributed by atoms with van der Waals surface area (Å²) in [7, 11) is 1.55. The van der Waals surface area contributed by atoms with Gasteiger partial charge in [0.25, 0.3) is 0 Å². The molecule has 6 heteroatoms. The van der Waals surface area contributed by atoms with Crippen LogP contribution in [0.5, 0.6) is 0 Å². The van der Waals surface area contributed by atoms with Crippen LogP contribution in [-0.4, -0.2) is 36.3 Å². The Hall–Kier alpha value is -2.08. The molecule has 2 N–H and O–H groups in total. The number of likely N-dealkylation sites (N-methyl/N-ethyl adjacent to an activating group) is 1. The molecule has 1 aromatic rings. The molecule has 1 saturated carbocycles. The van der Waals surface area contributed by atoms with E-state index in [-0.39, 0.29) is 12.0 Å². The zero-order valence-corrected chi connectivity index (χ0v) is 14.7. The Morgan fingerprint density at radius 2 is 1.83 bits per heavy atom. The third kappa shape index (κ3) is 4.71. The van der Waals surface area contributed by atoms with E-state index in [1.807, 2.05) is 30.3 Å². The lowest BCUT2D eigenvalue weighted by atomic mass is 9.73. The fourth-order valence-corrected chi connectivity index (χ4v) is 2.71. The van der Waals surface area contributed by atoms with Crippen LogP contribution in [0.4, 0.5) is 4.79 Å². The summed E-state index contributed by atoms with van der Waals surface area (Å²) in [5.41, 5.74) is -0.491. The highest BCUT2D eigenvalue weighted by molar-refractivity contribution is 5.91. The molecule has 1 aromatic carbocycles. The molecular formula is C18H26N2O4. The largest absolute Gasteiger partial charge is 0.444 e. The maximum Gasteiger partial charge on any atom is 0.408 e. The molecule has 0 unspecified atom stereocenters. The highest BCUT2D eigenvalue weighted by atomic mass is 16.6. The minimum absolute atomic E-state index is 0.0718. The zero-order chi connectivity index (χ0) is 17.8. The van der Waals surface area contributed by atoms with E-state index in [0.29, 0.717) is 19.4 Å². The van der Waals surface area contributed by atoms with Crippen molar-refractivity contribution in [3.63, 3.8) is 0 Å². The van der Waals surface area contributed by atoms with Gasteiger partial charge in [0.05, 0.1) is 12.7 Å². The molecule has 6 nitrogen and oxygen atoms in total. The first-order chi connectivity index (χ1) is 11.2. The standard InChI is InChI=1S/C18H26N2O4/c1-17(2,3)24-16(22)20-18(15(21)19-4)10-14(11-18)23-12-13-8-6-5-7-9-13/h5-9,14H,10-12H2,1-4H3,(H,19,21)(H,20,22). The topological polar surface area (TPSA) is 76.7 Å². The fourth-order valence-electron chi connectivity index (χ4n) is 2.71. The molecule has 0 heterocycles. The molecule has 2 amide bonds. The van der Waals surface area contributed by atoms with Gasteiger partial charge in [0.15, 0.2) is 0 Å². The van der Waals surface area contributed by atoms with Crippen LogP contribution in [0.3, 0.4) is 0 Å².